The first kappa shape index (κ1) is 31.4. The largest absolute Gasteiger partial charge is 0.493 e. The molecule has 0 amide bonds. The minimum absolute atomic E-state index is 0.0299. The molecule has 6 rings (SSSR count). The lowest BCUT2D eigenvalue weighted by atomic mass is 9.93. The van der Waals surface area contributed by atoms with Crippen LogP contribution in [0, 0.1) is 11.3 Å². The van der Waals surface area contributed by atoms with Crippen molar-refractivity contribution in [3.05, 3.63) is 150 Å². The molecule has 228 valence electrons. The van der Waals surface area contributed by atoms with Crippen molar-refractivity contribution < 1.29 is 23.7 Å². The highest BCUT2D eigenvalue weighted by Gasteiger charge is 2.15. The van der Waals surface area contributed by atoms with Crippen molar-refractivity contribution in [2.75, 3.05) is 28.4 Å². The molecule has 0 aliphatic rings. The van der Waals surface area contributed by atoms with Gasteiger partial charge in [-0.3, -0.25) is 4.79 Å². The third-order valence-electron chi connectivity index (χ3n) is 7.66. The van der Waals surface area contributed by atoms with Crippen molar-refractivity contribution in [1.29, 1.82) is 5.26 Å². The number of carbonyl (C=O) groups is 1. The van der Waals surface area contributed by atoms with Crippen molar-refractivity contribution in [3.8, 4) is 29.1 Å². The average molecular weight is 608 g/mol. The topological polar surface area (TPSA) is 77.8 Å². The molecule has 0 fully saturated rings. The molecular formula is C40H33NO5. The van der Waals surface area contributed by atoms with E-state index >= 15 is 0 Å². The summed E-state index contributed by atoms with van der Waals surface area (Å²) in [4.78, 5) is 12.8. The zero-order chi connectivity index (χ0) is 32.5. The smallest absolute Gasteiger partial charge is 0.193 e. The maximum atomic E-state index is 12.8. The highest BCUT2D eigenvalue weighted by atomic mass is 16.5. The normalized spacial score (nSPS) is 10.8. The Labute approximate surface area is 268 Å². The quantitative estimate of drug-likeness (QED) is 0.127. The first-order valence-electron chi connectivity index (χ1n) is 14.6. The Balaban J connectivity index is 0.000000182. The number of ketones is 1. The number of rotatable bonds is 8. The van der Waals surface area contributed by atoms with E-state index in [1.54, 1.807) is 52.7 Å². The van der Waals surface area contributed by atoms with Crippen molar-refractivity contribution in [2.45, 2.75) is 0 Å². The van der Waals surface area contributed by atoms with E-state index in [0.29, 0.717) is 34.1 Å². The molecule has 0 unspecified atom stereocenters. The van der Waals surface area contributed by atoms with Crippen molar-refractivity contribution in [2.24, 2.45) is 0 Å². The van der Waals surface area contributed by atoms with E-state index in [1.807, 2.05) is 84.9 Å². The zero-order valence-electron chi connectivity index (χ0n) is 26.1. The van der Waals surface area contributed by atoms with Crippen LogP contribution in [0.15, 0.2) is 127 Å². The molecule has 0 N–H and O–H groups in total. The summed E-state index contributed by atoms with van der Waals surface area (Å²) in [6, 6.07) is 40.9. The molecular weight excluding hydrogens is 574 g/mol. The number of nitrogens with zero attached hydrogens (tertiary/aromatic N) is 1. The van der Waals surface area contributed by atoms with Gasteiger partial charge >= 0.3 is 0 Å². The molecule has 6 heteroatoms. The number of methoxy groups -OCH3 is 4. The fraction of sp³-hybridized carbons (Fsp3) is 0.100. The van der Waals surface area contributed by atoms with Gasteiger partial charge in [-0.05, 0) is 63.0 Å². The van der Waals surface area contributed by atoms with E-state index in [4.69, 9.17) is 18.9 Å². The van der Waals surface area contributed by atoms with Gasteiger partial charge in [-0.25, -0.2) is 0 Å². The molecule has 0 heterocycles. The molecule has 0 spiro atoms. The lowest BCUT2D eigenvalue weighted by Gasteiger charge is -2.13. The first-order valence-corrected chi connectivity index (χ1v) is 14.6. The summed E-state index contributed by atoms with van der Waals surface area (Å²) in [5, 5.41) is 13.5. The van der Waals surface area contributed by atoms with Gasteiger partial charge in [0.15, 0.2) is 28.8 Å². The van der Waals surface area contributed by atoms with Crippen LogP contribution in [0.2, 0.25) is 0 Å². The van der Waals surface area contributed by atoms with Crippen LogP contribution in [0.25, 0.3) is 27.1 Å². The first-order chi connectivity index (χ1) is 22.5. The summed E-state index contributed by atoms with van der Waals surface area (Å²) in [5.74, 6) is 2.43. The van der Waals surface area contributed by atoms with E-state index in [-0.39, 0.29) is 5.78 Å². The van der Waals surface area contributed by atoms with Crippen molar-refractivity contribution in [3.63, 3.8) is 0 Å². The third-order valence-corrected chi connectivity index (χ3v) is 7.66. The van der Waals surface area contributed by atoms with Gasteiger partial charge in [0.2, 0.25) is 0 Å². The lowest BCUT2D eigenvalue weighted by molar-refractivity contribution is 0.104. The Hall–Kier alpha value is -6.06. The van der Waals surface area contributed by atoms with E-state index in [0.717, 1.165) is 38.2 Å². The maximum absolute atomic E-state index is 12.8. The second-order valence-electron chi connectivity index (χ2n) is 10.2. The van der Waals surface area contributed by atoms with Gasteiger partial charge in [-0.2, -0.15) is 5.26 Å². The number of fused-ring (bicyclic) bond motifs is 2. The van der Waals surface area contributed by atoms with Crippen LogP contribution in [0.1, 0.15) is 27.0 Å². The Morgan fingerprint density at radius 2 is 1.00 bits per heavy atom. The van der Waals surface area contributed by atoms with E-state index < -0.39 is 0 Å². The zero-order valence-corrected chi connectivity index (χ0v) is 26.1. The SMILES string of the molecule is COc1ccc(C(=CC#N)c2cccc3ccccc23)cc1OC.COc1ccc(C(=O)c2cccc3ccccc23)cc1OC. The summed E-state index contributed by atoms with van der Waals surface area (Å²) in [7, 11) is 6.34. The van der Waals surface area contributed by atoms with E-state index in [9.17, 15) is 10.1 Å². The summed E-state index contributed by atoms with van der Waals surface area (Å²) in [6.07, 6.45) is 1.57. The van der Waals surface area contributed by atoms with E-state index in [1.165, 1.54) is 0 Å². The molecule has 0 atom stereocenters. The van der Waals surface area contributed by atoms with Crippen LogP contribution in [0.5, 0.6) is 23.0 Å². The molecule has 0 radical (unpaired) electrons. The standard InChI is InChI=1S/C21H17NO2.C19H16O3/c1-23-20-11-10-16(14-21(20)24-2)18(12-13-22)19-9-5-7-15-6-3-4-8-17(15)19;1-21-17-11-10-14(12-18(17)22-2)19(20)16-9-5-7-13-6-3-4-8-15(13)16/h3-12,14H,1-2H3;3-12H,1-2H3. The Kier molecular flexibility index (Phi) is 9.96. The minimum Gasteiger partial charge on any atom is -0.493 e. The lowest BCUT2D eigenvalue weighted by Crippen LogP contribution is -2.03. The summed E-state index contributed by atoms with van der Waals surface area (Å²) < 4.78 is 21.2. The third kappa shape index (κ3) is 6.54. The van der Waals surface area contributed by atoms with Crippen LogP contribution >= 0.6 is 0 Å². The van der Waals surface area contributed by atoms with Crippen LogP contribution in [-0.4, -0.2) is 34.2 Å². The fourth-order valence-corrected chi connectivity index (χ4v) is 5.40. The Morgan fingerprint density at radius 3 is 1.54 bits per heavy atom. The molecule has 0 aromatic heterocycles. The summed E-state index contributed by atoms with van der Waals surface area (Å²) >= 11 is 0. The molecule has 0 saturated heterocycles. The molecule has 0 aliphatic carbocycles. The monoisotopic (exact) mass is 607 g/mol. The number of hydrogen-bond acceptors (Lipinski definition) is 6. The maximum Gasteiger partial charge on any atom is 0.193 e. The number of hydrogen-bond donors (Lipinski definition) is 0. The predicted octanol–water partition coefficient (Wildman–Crippen LogP) is 8.90. The van der Waals surface area contributed by atoms with Gasteiger partial charge in [-0.15, -0.1) is 0 Å². The van der Waals surface area contributed by atoms with E-state index in [2.05, 4.69) is 24.3 Å². The van der Waals surface area contributed by atoms with Crippen LogP contribution < -0.4 is 18.9 Å². The van der Waals surface area contributed by atoms with Gasteiger partial charge in [0.1, 0.15) is 0 Å². The molecule has 6 aromatic rings. The van der Waals surface area contributed by atoms with Crippen molar-refractivity contribution in [1.82, 2.24) is 0 Å². The fourth-order valence-electron chi connectivity index (χ4n) is 5.40. The van der Waals surface area contributed by atoms with Gasteiger partial charge in [-0.1, -0.05) is 91.0 Å². The summed E-state index contributed by atoms with van der Waals surface area (Å²) in [6.45, 7) is 0. The Morgan fingerprint density at radius 1 is 0.543 bits per heavy atom. The van der Waals surface area contributed by atoms with Gasteiger partial charge < -0.3 is 18.9 Å². The molecule has 0 saturated carbocycles. The highest BCUT2D eigenvalue weighted by molar-refractivity contribution is 6.16. The average Bonchev–Trinajstić information content (AvgIpc) is 3.12. The number of nitriles is 1. The van der Waals surface area contributed by atoms with Crippen LogP contribution in [0.3, 0.4) is 0 Å². The number of carbonyl (C=O) groups excluding carboxylic acids is 1. The molecule has 6 nitrogen and oxygen atoms in total. The van der Waals surface area contributed by atoms with Crippen molar-refractivity contribution >= 4 is 32.9 Å². The highest BCUT2D eigenvalue weighted by Crippen LogP contribution is 2.35. The molecule has 6 aromatic carbocycles. The number of benzene rings is 6. The van der Waals surface area contributed by atoms with Crippen LogP contribution in [-0.2, 0) is 0 Å². The van der Waals surface area contributed by atoms with Gasteiger partial charge in [0.25, 0.3) is 0 Å². The molecule has 0 bridgehead atoms. The summed E-state index contributed by atoms with van der Waals surface area (Å²) in [5.41, 5.74) is 4.04. The Bertz CT molecular complexity index is 2080. The minimum atomic E-state index is -0.0299. The number of allylic oxidation sites excluding steroid dienone is 1. The number of ether oxygens (including phenoxy) is 4. The molecule has 0 aliphatic heterocycles. The second kappa shape index (κ2) is 14.6. The second-order valence-corrected chi connectivity index (χ2v) is 10.2. The van der Waals surface area contributed by atoms with Gasteiger partial charge in [0, 0.05) is 22.8 Å². The predicted molar refractivity (Wildman–Crippen MR) is 183 cm³/mol. The van der Waals surface area contributed by atoms with Crippen LogP contribution in [0.4, 0.5) is 0 Å². The molecule has 46 heavy (non-hydrogen) atoms. The van der Waals surface area contributed by atoms with Gasteiger partial charge in [0.05, 0.1) is 34.5 Å².